The molecule has 1 N–H and O–H groups in total. The molecule has 3 amide bonds. The zero-order valence-electron chi connectivity index (χ0n) is 19.1. The Bertz CT molecular complexity index is 1300. The van der Waals surface area contributed by atoms with Crippen molar-refractivity contribution in [2.24, 2.45) is 0 Å². The van der Waals surface area contributed by atoms with Crippen LogP contribution in [0.25, 0.3) is 11.1 Å². The van der Waals surface area contributed by atoms with Gasteiger partial charge in [0.25, 0.3) is 11.8 Å². The number of carbonyl (C=O) groups excluding carboxylic acids is 4. The second-order valence-corrected chi connectivity index (χ2v) is 8.90. The Labute approximate surface area is 201 Å². The molecule has 3 aromatic carbocycles. The third-order valence-corrected chi connectivity index (χ3v) is 6.20. The van der Waals surface area contributed by atoms with Crippen LogP contribution < -0.4 is 5.32 Å². The van der Waals surface area contributed by atoms with E-state index >= 15 is 0 Å². The summed E-state index contributed by atoms with van der Waals surface area (Å²) < 4.78 is 5.48. The number of hydrogen-bond donors (Lipinski definition) is 1. The van der Waals surface area contributed by atoms with E-state index in [0.29, 0.717) is 5.06 Å². The van der Waals surface area contributed by atoms with Crippen LogP contribution in [0.4, 0.5) is 4.79 Å². The minimum absolute atomic E-state index is 0.0728. The van der Waals surface area contributed by atoms with Crippen LogP contribution in [-0.4, -0.2) is 41.1 Å². The lowest BCUT2D eigenvalue weighted by molar-refractivity contribution is -0.175. The van der Waals surface area contributed by atoms with Gasteiger partial charge in [0.2, 0.25) is 0 Å². The fraction of sp³-hybridized carbons (Fsp3) is 0.185. The van der Waals surface area contributed by atoms with Gasteiger partial charge in [0.1, 0.15) is 12.1 Å². The normalized spacial score (nSPS) is 14.3. The van der Waals surface area contributed by atoms with Crippen molar-refractivity contribution >= 4 is 23.9 Å². The molecule has 3 aromatic rings. The number of rotatable bonds is 5. The molecule has 0 fully saturated rings. The van der Waals surface area contributed by atoms with Crippen molar-refractivity contribution in [1.29, 1.82) is 0 Å². The molecule has 0 atom stereocenters. The molecule has 0 aromatic heterocycles. The quantitative estimate of drug-likeness (QED) is 0.565. The molecule has 0 saturated heterocycles. The van der Waals surface area contributed by atoms with E-state index in [9.17, 15) is 19.2 Å². The molecule has 0 unspecified atom stereocenters. The molecule has 0 saturated carbocycles. The Hall–Kier alpha value is -4.46. The maximum absolute atomic E-state index is 12.7. The molecule has 1 heterocycles. The summed E-state index contributed by atoms with van der Waals surface area (Å²) in [6.45, 7) is 2.87. The fourth-order valence-corrected chi connectivity index (χ4v) is 4.39. The molecule has 35 heavy (non-hydrogen) atoms. The highest BCUT2D eigenvalue weighted by atomic mass is 16.7. The lowest BCUT2D eigenvalue weighted by Crippen LogP contribution is -2.53. The number of imide groups is 1. The molecule has 8 heteroatoms. The smallest absolute Gasteiger partial charge is 0.408 e. The van der Waals surface area contributed by atoms with Gasteiger partial charge in [0.05, 0.1) is 11.1 Å². The summed E-state index contributed by atoms with van der Waals surface area (Å²) in [5.41, 5.74) is 3.04. The van der Waals surface area contributed by atoms with Crippen molar-refractivity contribution in [3.05, 3.63) is 95.1 Å². The highest BCUT2D eigenvalue weighted by Crippen LogP contribution is 2.44. The van der Waals surface area contributed by atoms with Crippen molar-refractivity contribution in [3.63, 3.8) is 0 Å². The zero-order chi connectivity index (χ0) is 24.7. The van der Waals surface area contributed by atoms with E-state index in [1.165, 1.54) is 26.0 Å². The van der Waals surface area contributed by atoms with Crippen LogP contribution in [0.5, 0.6) is 0 Å². The third kappa shape index (κ3) is 3.82. The van der Waals surface area contributed by atoms with Gasteiger partial charge in [-0.2, -0.15) is 0 Å². The molecule has 2 aliphatic rings. The lowest BCUT2D eigenvalue weighted by atomic mass is 9.98. The monoisotopic (exact) mass is 470 g/mol. The standard InChI is InChI=1S/C27H22N2O6/c1-27(2,25(32)35-29-23(30)20-13-7-8-14-21(20)24(29)31)28-26(33)34-15-22-18-11-5-3-9-16(18)17-10-4-6-12-19(17)22/h3-14,22H,15H2,1-2H3,(H,28,33). The first-order chi connectivity index (χ1) is 16.8. The molecule has 0 bridgehead atoms. The minimum atomic E-state index is -1.57. The average molecular weight is 470 g/mol. The van der Waals surface area contributed by atoms with Crippen molar-refractivity contribution in [2.75, 3.05) is 6.61 Å². The van der Waals surface area contributed by atoms with Gasteiger partial charge in [-0.25, -0.2) is 9.59 Å². The zero-order valence-corrected chi connectivity index (χ0v) is 19.1. The highest BCUT2D eigenvalue weighted by Gasteiger charge is 2.42. The van der Waals surface area contributed by atoms with Gasteiger partial charge in [-0.3, -0.25) is 9.59 Å². The van der Waals surface area contributed by atoms with Crippen LogP contribution in [-0.2, 0) is 14.4 Å². The van der Waals surface area contributed by atoms with Crippen LogP contribution in [0.15, 0.2) is 72.8 Å². The Kier molecular flexibility index (Phi) is 5.36. The van der Waals surface area contributed by atoms with Gasteiger partial charge in [-0.15, -0.1) is 0 Å². The van der Waals surface area contributed by atoms with Gasteiger partial charge in [0.15, 0.2) is 0 Å². The Balaban J connectivity index is 1.23. The second kappa shape index (κ2) is 8.39. The van der Waals surface area contributed by atoms with E-state index in [1.54, 1.807) is 12.1 Å². The van der Waals surface area contributed by atoms with Gasteiger partial charge < -0.3 is 14.9 Å². The third-order valence-electron chi connectivity index (χ3n) is 6.20. The first-order valence-corrected chi connectivity index (χ1v) is 11.1. The summed E-state index contributed by atoms with van der Waals surface area (Å²) in [5.74, 6) is -2.60. The molecule has 8 nitrogen and oxygen atoms in total. The van der Waals surface area contributed by atoms with Crippen molar-refractivity contribution < 1.29 is 28.8 Å². The summed E-state index contributed by atoms with van der Waals surface area (Å²) >= 11 is 0. The summed E-state index contributed by atoms with van der Waals surface area (Å²) in [6, 6.07) is 22.1. The SMILES string of the molecule is CC(C)(NC(=O)OCC1c2ccccc2-c2ccccc21)C(=O)ON1C(=O)c2ccccc2C1=O. The molecule has 5 rings (SSSR count). The number of alkyl carbamates (subject to hydrolysis) is 1. The van der Waals surface area contributed by atoms with Crippen LogP contribution in [0.3, 0.4) is 0 Å². The van der Waals surface area contributed by atoms with Crippen molar-refractivity contribution in [3.8, 4) is 11.1 Å². The molecular weight excluding hydrogens is 448 g/mol. The molecule has 176 valence electrons. The minimum Gasteiger partial charge on any atom is -0.449 e. The number of amides is 3. The predicted molar refractivity (Wildman–Crippen MR) is 125 cm³/mol. The van der Waals surface area contributed by atoms with E-state index in [-0.39, 0.29) is 23.7 Å². The largest absolute Gasteiger partial charge is 0.449 e. The molecule has 0 spiro atoms. The van der Waals surface area contributed by atoms with E-state index in [4.69, 9.17) is 9.57 Å². The molecule has 0 radical (unpaired) electrons. The van der Waals surface area contributed by atoms with E-state index < -0.39 is 29.4 Å². The summed E-state index contributed by atoms with van der Waals surface area (Å²) in [6.07, 6.45) is -0.823. The van der Waals surface area contributed by atoms with Gasteiger partial charge in [-0.05, 0) is 48.2 Å². The average Bonchev–Trinajstić information content (AvgIpc) is 3.30. The summed E-state index contributed by atoms with van der Waals surface area (Å²) in [4.78, 5) is 55.3. The van der Waals surface area contributed by atoms with Crippen molar-refractivity contribution in [1.82, 2.24) is 10.4 Å². The molecular formula is C27H22N2O6. The van der Waals surface area contributed by atoms with E-state index in [2.05, 4.69) is 5.32 Å². The number of hydrogen-bond acceptors (Lipinski definition) is 6. The first-order valence-electron chi connectivity index (χ1n) is 11.1. The van der Waals surface area contributed by atoms with Crippen LogP contribution in [0, 0.1) is 0 Å². The number of hydroxylamine groups is 2. The predicted octanol–water partition coefficient (Wildman–Crippen LogP) is 4.06. The second-order valence-electron chi connectivity index (χ2n) is 8.90. The number of nitrogens with one attached hydrogen (secondary N) is 1. The first kappa shape index (κ1) is 22.3. The Morgan fingerprint density at radius 3 is 1.77 bits per heavy atom. The number of benzene rings is 3. The van der Waals surface area contributed by atoms with Crippen LogP contribution in [0.2, 0.25) is 0 Å². The summed E-state index contributed by atoms with van der Waals surface area (Å²) in [5, 5.41) is 2.88. The fourth-order valence-electron chi connectivity index (χ4n) is 4.39. The van der Waals surface area contributed by atoms with E-state index in [0.717, 1.165) is 22.3 Å². The van der Waals surface area contributed by atoms with Gasteiger partial charge in [0, 0.05) is 5.92 Å². The Morgan fingerprint density at radius 1 is 0.800 bits per heavy atom. The van der Waals surface area contributed by atoms with Crippen molar-refractivity contribution in [2.45, 2.75) is 25.3 Å². The van der Waals surface area contributed by atoms with Gasteiger partial charge >= 0.3 is 12.1 Å². The van der Waals surface area contributed by atoms with E-state index in [1.807, 2.05) is 48.5 Å². The maximum atomic E-state index is 12.7. The topological polar surface area (TPSA) is 102 Å². The van der Waals surface area contributed by atoms with Crippen LogP contribution >= 0.6 is 0 Å². The molecule has 1 aliphatic carbocycles. The number of ether oxygens (including phenoxy) is 1. The number of carbonyl (C=O) groups is 4. The van der Waals surface area contributed by atoms with Gasteiger partial charge in [-0.1, -0.05) is 65.7 Å². The Morgan fingerprint density at radius 2 is 1.26 bits per heavy atom. The lowest BCUT2D eigenvalue weighted by Gasteiger charge is -2.25. The highest BCUT2D eigenvalue weighted by molar-refractivity contribution is 6.21. The van der Waals surface area contributed by atoms with Crippen LogP contribution in [0.1, 0.15) is 51.6 Å². The number of fused-ring (bicyclic) bond motifs is 4. The maximum Gasteiger partial charge on any atom is 0.408 e. The molecule has 1 aliphatic heterocycles. The number of nitrogens with zero attached hydrogens (tertiary/aromatic N) is 1. The summed E-state index contributed by atoms with van der Waals surface area (Å²) in [7, 11) is 0.